The number of nitrogens with one attached hydrogen (secondary N) is 1. The van der Waals surface area contributed by atoms with Crippen molar-refractivity contribution in [1.82, 2.24) is 5.43 Å². The number of nitrogens with zero attached hydrogens (tertiary/aromatic N) is 1. The highest BCUT2D eigenvalue weighted by atomic mass is 35.5. The Kier molecular flexibility index (Phi) is 5.22. The van der Waals surface area contributed by atoms with Crippen molar-refractivity contribution in [1.29, 1.82) is 0 Å². The van der Waals surface area contributed by atoms with Crippen LogP contribution >= 0.6 is 11.6 Å². The molecule has 3 aromatic carbocycles. The molecule has 0 atom stereocenters. The quantitative estimate of drug-likeness (QED) is 0.390. The predicted molar refractivity (Wildman–Crippen MR) is 114 cm³/mol. The Morgan fingerprint density at radius 2 is 1.69 bits per heavy atom. The van der Waals surface area contributed by atoms with Gasteiger partial charge in [0.25, 0.3) is 5.91 Å². The molecule has 0 aliphatic heterocycles. The Morgan fingerprint density at radius 3 is 2.48 bits per heavy atom. The fourth-order valence-corrected chi connectivity index (χ4v) is 3.02. The Morgan fingerprint density at radius 1 is 0.966 bits per heavy atom. The van der Waals surface area contributed by atoms with Crippen molar-refractivity contribution >= 4 is 34.7 Å². The number of para-hydroxylation sites is 1. The van der Waals surface area contributed by atoms with Gasteiger partial charge in [-0.25, -0.2) is 5.43 Å². The highest BCUT2D eigenvalue weighted by Gasteiger charge is 2.09. The van der Waals surface area contributed by atoms with Gasteiger partial charge in [0.2, 0.25) is 0 Å². The molecular weight excluding hydrogens is 388 g/mol. The van der Waals surface area contributed by atoms with Gasteiger partial charge < -0.3 is 4.42 Å². The van der Waals surface area contributed by atoms with E-state index in [1.807, 2.05) is 18.2 Å². The zero-order valence-corrected chi connectivity index (χ0v) is 15.9. The fraction of sp³-hybridized carbons (Fsp3) is 0. The van der Waals surface area contributed by atoms with Gasteiger partial charge in [0.05, 0.1) is 11.6 Å². The van der Waals surface area contributed by atoms with Gasteiger partial charge in [-0.2, -0.15) is 5.10 Å². The molecule has 0 radical (unpaired) electrons. The van der Waals surface area contributed by atoms with E-state index in [2.05, 4.69) is 10.5 Å². The number of hydrogen-bond acceptors (Lipinski definition) is 4. The van der Waals surface area contributed by atoms with Crippen LogP contribution in [0.1, 0.15) is 15.9 Å². The molecule has 1 heterocycles. The molecule has 0 bridgehead atoms. The summed E-state index contributed by atoms with van der Waals surface area (Å²) in [5.41, 5.74) is 4.70. The summed E-state index contributed by atoms with van der Waals surface area (Å²) >= 11 is 6.04. The Hall–Kier alpha value is -3.70. The molecular formula is C23H15ClN2O3. The van der Waals surface area contributed by atoms with E-state index in [1.165, 1.54) is 12.3 Å². The van der Waals surface area contributed by atoms with Crippen LogP contribution in [0, 0.1) is 0 Å². The van der Waals surface area contributed by atoms with E-state index in [1.54, 1.807) is 54.6 Å². The van der Waals surface area contributed by atoms with Gasteiger partial charge in [0, 0.05) is 27.8 Å². The first-order valence-corrected chi connectivity index (χ1v) is 9.21. The lowest BCUT2D eigenvalue weighted by molar-refractivity contribution is 0.0955. The maximum atomic E-state index is 12.3. The lowest BCUT2D eigenvalue weighted by Gasteiger charge is -2.05. The minimum absolute atomic E-state index is 0.113. The molecule has 0 fully saturated rings. The van der Waals surface area contributed by atoms with E-state index in [-0.39, 0.29) is 11.3 Å². The summed E-state index contributed by atoms with van der Waals surface area (Å²) in [7, 11) is 0. The van der Waals surface area contributed by atoms with Crippen LogP contribution in [0.4, 0.5) is 0 Å². The number of halogens is 1. The van der Waals surface area contributed by atoms with E-state index in [9.17, 15) is 9.59 Å². The zero-order chi connectivity index (χ0) is 20.2. The van der Waals surface area contributed by atoms with E-state index < -0.39 is 0 Å². The van der Waals surface area contributed by atoms with E-state index in [0.29, 0.717) is 38.4 Å². The number of hydrazone groups is 1. The number of hydrogen-bond donors (Lipinski definition) is 1. The van der Waals surface area contributed by atoms with Gasteiger partial charge in [-0.05, 0) is 30.3 Å². The van der Waals surface area contributed by atoms with Crippen LogP contribution < -0.4 is 10.9 Å². The number of rotatable bonds is 4. The largest absolute Gasteiger partial charge is 0.456 e. The van der Waals surface area contributed by atoms with Crippen LogP contribution in [0.5, 0.6) is 0 Å². The van der Waals surface area contributed by atoms with Gasteiger partial charge >= 0.3 is 0 Å². The molecule has 142 valence electrons. The first kappa shape index (κ1) is 18.7. The van der Waals surface area contributed by atoms with Gasteiger partial charge in [-0.1, -0.05) is 54.1 Å². The zero-order valence-electron chi connectivity index (χ0n) is 15.1. The molecule has 0 saturated carbocycles. The smallest absolute Gasteiger partial charge is 0.271 e. The van der Waals surface area contributed by atoms with Crippen LogP contribution in [0.3, 0.4) is 0 Å². The Balaban J connectivity index is 1.51. The van der Waals surface area contributed by atoms with Crippen molar-refractivity contribution in [2.45, 2.75) is 0 Å². The standard InChI is InChI=1S/C23H15ClN2O3/c24-19-7-3-1-5-17(19)14-25-26-23(28)16-11-9-15(10-12-16)22-13-20(27)18-6-2-4-8-21(18)29-22/h1-14H,(H,26,28)/b25-14+. The van der Waals surface area contributed by atoms with E-state index in [4.69, 9.17) is 16.0 Å². The summed E-state index contributed by atoms with van der Waals surface area (Å²) in [6.07, 6.45) is 1.48. The first-order chi connectivity index (χ1) is 14.1. The maximum Gasteiger partial charge on any atom is 0.271 e. The van der Waals surface area contributed by atoms with Gasteiger partial charge in [-0.3, -0.25) is 9.59 Å². The molecule has 4 aromatic rings. The van der Waals surface area contributed by atoms with Crippen LogP contribution in [0.25, 0.3) is 22.3 Å². The SMILES string of the molecule is O=C(N/N=C/c1ccccc1Cl)c1ccc(-c2cc(=O)c3ccccc3o2)cc1. The van der Waals surface area contributed by atoms with Crippen molar-refractivity contribution in [3.05, 3.63) is 105 Å². The molecule has 4 rings (SSSR count). The number of carbonyl (C=O) groups excluding carboxylic acids is 1. The van der Waals surface area contributed by atoms with Crippen LogP contribution in [-0.2, 0) is 0 Å². The second-order valence-corrected chi connectivity index (χ2v) is 6.68. The summed E-state index contributed by atoms with van der Waals surface area (Å²) in [6.45, 7) is 0. The average molecular weight is 403 g/mol. The van der Waals surface area contributed by atoms with Crippen molar-refractivity contribution in [2.75, 3.05) is 0 Å². The first-order valence-electron chi connectivity index (χ1n) is 8.83. The Bertz CT molecular complexity index is 1280. The predicted octanol–water partition coefficient (Wildman–Crippen LogP) is 4.88. The molecule has 0 aliphatic rings. The minimum atomic E-state index is -0.361. The number of carbonyl (C=O) groups is 1. The number of amides is 1. The third-order valence-electron chi connectivity index (χ3n) is 4.34. The van der Waals surface area contributed by atoms with Crippen molar-refractivity contribution in [2.24, 2.45) is 5.10 Å². The molecule has 6 heteroatoms. The summed E-state index contributed by atoms with van der Waals surface area (Å²) < 4.78 is 5.82. The van der Waals surface area contributed by atoms with Gasteiger partial charge in [0.1, 0.15) is 11.3 Å². The van der Waals surface area contributed by atoms with Crippen molar-refractivity contribution in [3.8, 4) is 11.3 Å². The monoisotopic (exact) mass is 402 g/mol. The molecule has 1 aromatic heterocycles. The maximum absolute atomic E-state index is 12.3. The van der Waals surface area contributed by atoms with Crippen LogP contribution in [0.2, 0.25) is 5.02 Å². The number of fused-ring (bicyclic) bond motifs is 1. The van der Waals surface area contributed by atoms with E-state index in [0.717, 1.165) is 0 Å². The van der Waals surface area contributed by atoms with Gasteiger partial charge in [0.15, 0.2) is 5.43 Å². The second kappa shape index (κ2) is 8.12. The lowest BCUT2D eigenvalue weighted by Crippen LogP contribution is -2.17. The molecule has 1 N–H and O–H groups in total. The third-order valence-corrected chi connectivity index (χ3v) is 4.69. The molecule has 1 amide bonds. The topological polar surface area (TPSA) is 71.7 Å². The summed E-state index contributed by atoms with van der Waals surface area (Å²) in [5, 5.41) is 5.02. The summed E-state index contributed by atoms with van der Waals surface area (Å²) in [4.78, 5) is 24.5. The third kappa shape index (κ3) is 4.10. The highest BCUT2D eigenvalue weighted by molar-refractivity contribution is 6.33. The molecule has 0 unspecified atom stereocenters. The summed E-state index contributed by atoms with van der Waals surface area (Å²) in [6, 6.07) is 22.4. The molecule has 5 nitrogen and oxygen atoms in total. The highest BCUT2D eigenvalue weighted by Crippen LogP contribution is 2.22. The fourth-order valence-electron chi connectivity index (χ4n) is 2.84. The van der Waals surface area contributed by atoms with E-state index >= 15 is 0 Å². The minimum Gasteiger partial charge on any atom is -0.456 e. The van der Waals surface area contributed by atoms with Crippen molar-refractivity contribution in [3.63, 3.8) is 0 Å². The normalized spacial score (nSPS) is 11.1. The van der Waals surface area contributed by atoms with Crippen LogP contribution in [0.15, 0.2) is 93.2 Å². The lowest BCUT2D eigenvalue weighted by atomic mass is 10.1. The van der Waals surface area contributed by atoms with Crippen molar-refractivity contribution < 1.29 is 9.21 Å². The molecule has 0 spiro atoms. The molecule has 0 aliphatic carbocycles. The number of benzene rings is 3. The Labute approximate surface area is 171 Å². The summed E-state index contributed by atoms with van der Waals surface area (Å²) in [5.74, 6) is 0.0808. The second-order valence-electron chi connectivity index (χ2n) is 6.27. The van der Waals surface area contributed by atoms with Crippen LogP contribution in [-0.4, -0.2) is 12.1 Å². The molecule has 29 heavy (non-hydrogen) atoms. The average Bonchev–Trinajstić information content (AvgIpc) is 2.75. The molecule has 0 saturated heterocycles. The van der Waals surface area contributed by atoms with Gasteiger partial charge in [-0.15, -0.1) is 0 Å².